The average molecular weight is 342 g/mol. The lowest BCUT2D eigenvalue weighted by atomic mass is 10.2. The second kappa shape index (κ2) is 6.88. The highest BCUT2D eigenvalue weighted by molar-refractivity contribution is 7.84. The van der Waals surface area contributed by atoms with Crippen molar-refractivity contribution >= 4 is 27.6 Å². The molecule has 0 radical (unpaired) electrons. The fourth-order valence-electron chi connectivity index (χ4n) is 2.44. The number of hydrogen-bond donors (Lipinski definition) is 2. The number of aromatic nitrogens is 1. The molecule has 1 aromatic heterocycles. The Morgan fingerprint density at radius 2 is 1.92 bits per heavy atom. The van der Waals surface area contributed by atoms with Crippen LogP contribution in [0.5, 0.6) is 5.75 Å². The van der Waals surface area contributed by atoms with Crippen LogP contribution >= 0.6 is 0 Å². The monoisotopic (exact) mass is 342 g/mol. The zero-order valence-electron chi connectivity index (χ0n) is 13.5. The summed E-state index contributed by atoms with van der Waals surface area (Å²) >= 11 is 0. The largest absolute Gasteiger partial charge is 0.497 e. The third-order valence-electron chi connectivity index (χ3n) is 3.78. The van der Waals surface area contributed by atoms with E-state index in [1.165, 1.54) is 0 Å². The zero-order chi connectivity index (χ0) is 17.1. The number of amides is 1. The van der Waals surface area contributed by atoms with Crippen molar-refractivity contribution in [2.75, 3.05) is 13.4 Å². The van der Waals surface area contributed by atoms with E-state index >= 15 is 0 Å². The van der Waals surface area contributed by atoms with Crippen LogP contribution in [-0.4, -0.2) is 28.5 Å². The molecule has 1 amide bonds. The molecule has 0 aliphatic rings. The Balaban J connectivity index is 1.69. The third kappa shape index (κ3) is 3.49. The Morgan fingerprint density at radius 3 is 2.58 bits per heavy atom. The van der Waals surface area contributed by atoms with Gasteiger partial charge in [0.05, 0.1) is 7.11 Å². The first-order valence-corrected chi connectivity index (χ1v) is 9.00. The predicted molar refractivity (Wildman–Crippen MR) is 94.8 cm³/mol. The van der Waals surface area contributed by atoms with Crippen molar-refractivity contribution in [1.82, 2.24) is 10.3 Å². The first-order valence-electron chi connectivity index (χ1n) is 7.44. The number of ether oxygens (including phenoxy) is 1. The first-order chi connectivity index (χ1) is 11.6. The van der Waals surface area contributed by atoms with E-state index in [4.69, 9.17) is 4.74 Å². The summed E-state index contributed by atoms with van der Waals surface area (Å²) < 4.78 is 16.6. The average Bonchev–Trinajstić information content (AvgIpc) is 3.03. The van der Waals surface area contributed by atoms with E-state index in [2.05, 4.69) is 10.3 Å². The molecule has 3 aromatic rings. The molecule has 124 valence electrons. The molecule has 0 saturated heterocycles. The number of fused-ring (bicyclic) bond motifs is 1. The van der Waals surface area contributed by atoms with Gasteiger partial charge in [-0.1, -0.05) is 12.1 Å². The molecule has 0 saturated carbocycles. The van der Waals surface area contributed by atoms with Gasteiger partial charge in [0.25, 0.3) is 5.91 Å². The molecule has 0 spiro atoms. The van der Waals surface area contributed by atoms with Crippen molar-refractivity contribution in [1.29, 1.82) is 0 Å². The lowest BCUT2D eigenvalue weighted by molar-refractivity contribution is 0.0946. The molecule has 0 fully saturated rings. The maximum atomic E-state index is 12.3. The van der Waals surface area contributed by atoms with Gasteiger partial charge in [0.1, 0.15) is 11.4 Å². The third-order valence-corrected chi connectivity index (χ3v) is 4.72. The molecule has 3 rings (SSSR count). The van der Waals surface area contributed by atoms with E-state index in [0.29, 0.717) is 12.2 Å². The van der Waals surface area contributed by atoms with Crippen molar-refractivity contribution < 1.29 is 13.7 Å². The minimum atomic E-state index is -0.994. The number of H-pyrrole nitrogens is 1. The number of carbonyl (C=O) groups is 1. The Hall–Kier alpha value is -2.60. The fraction of sp³-hybridized carbons (Fsp3) is 0.167. The van der Waals surface area contributed by atoms with Gasteiger partial charge in [-0.3, -0.25) is 9.00 Å². The summed E-state index contributed by atoms with van der Waals surface area (Å²) in [6.07, 6.45) is 1.64. The summed E-state index contributed by atoms with van der Waals surface area (Å²) in [6.45, 7) is 0.411. The lowest BCUT2D eigenvalue weighted by Crippen LogP contribution is -2.23. The standard InChI is InChI=1S/C18H18N2O3S/c1-23-14-5-8-16-13(9-14)10-17(20-16)18(21)19-11-12-3-6-15(7-4-12)24(2)22/h3-10,20H,11H2,1-2H3,(H,19,21)/t24-/m0/s1. The first kappa shape index (κ1) is 16.3. The van der Waals surface area contributed by atoms with Gasteiger partial charge in [0.15, 0.2) is 0 Å². The van der Waals surface area contributed by atoms with Gasteiger partial charge in [-0.2, -0.15) is 0 Å². The molecule has 2 aromatic carbocycles. The van der Waals surface area contributed by atoms with Crippen LogP contribution in [0.25, 0.3) is 10.9 Å². The Kier molecular flexibility index (Phi) is 4.66. The highest BCUT2D eigenvalue weighted by Gasteiger charge is 2.10. The summed E-state index contributed by atoms with van der Waals surface area (Å²) in [7, 11) is 0.618. The zero-order valence-corrected chi connectivity index (χ0v) is 14.3. The van der Waals surface area contributed by atoms with Gasteiger partial charge in [-0.25, -0.2) is 0 Å². The van der Waals surface area contributed by atoms with Crippen molar-refractivity contribution in [2.45, 2.75) is 11.4 Å². The molecule has 0 unspecified atom stereocenters. The van der Waals surface area contributed by atoms with Crippen LogP contribution in [0.3, 0.4) is 0 Å². The number of methoxy groups -OCH3 is 1. The van der Waals surface area contributed by atoms with Gasteiger partial charge >= 0.3 is 0 Å². The van der Waals surface area contributed by atoms with Crippen LogP contribution < -0.4 is 10.1 Å². The second-order valence-electron chi connectivity index (χ2n) is 5.42. The van der Waals surface area contributed by atoms with E-state index in [1.807, 2.05) is 42.5 Å². The number of aromatic amines is 1. The minimum Gasteiger partial charge on any atom is -0.497 e. The van der Waals surface area contributed by atoms with Gasteiger partial charge in [0, 0.05) is 39.4 Å². The molecule has 5 nitrogen and oxygen atoms in total. The van der Waals surface area contributed by atoms with Gasteiger partial charge in [-0.05, 0) is 42.0 Å². The quantitative estimate of drug-likeness (QED) is 0.749. The van der Waals surface area contributed by atoms with E-state index < -0.39 is 10.8 Å². The molecule has 0 aliphatic heterocycles. The molecular formula is C18H18N2O3S. The molecule has 0 aliphatic carbocycles. The second-order valence-corrected chi connectivity index (χ2v) is 6.80. The van der Waals surface area contributed by atoms with Crippen molar-refractivity contribution in [3.8, 4) is 5.75 Å². The van der Waals surface area contributed by atoms with Crippen LogP contribution in [0.2, 0.25) is 0 Å². The number of nitrogens with one attached hydrogen (secondary N) is 2. The summed E-state index contributed by atoms with van der Waals surface area (Å²) in [5, 5.41) is 3.80. The van der Waals surface area contributed by atoms with Crippen LogP contribution in [-0.2, 0) is 17.3 Å². The molecule has 24 heavy (non-hydrogen) atoms. The lowest BCUT2D eigenvalue weighted by Gasteiger charge is -2.05. The van der Waals surface area contributed by atoms with E-state index in [-0.39, 0.29) is 5.91 Å². The maximum absolute atomic E-state index is 12.3. The predicted octanol–water partition coefficient (Wildman–Crippen LogP) is 2.84. The molecule has 2 N–H and O–H groups in total. The SMILES string of the molecule is COc1ccc2[nH]c(C(=O)NCc3ccc([S@](C)=O)cc3)cc2c1. The van der Waals surface area contributed by atoms with E-state index in [0.717, 1.165) is 27.1 Å². The molecule has 1 atom stereocenters. The van der Waals surface area contributed by atoms with Gasteiger partial charge in [0.2, 0.25) is 0 Å². The summed E-state index contributed by atoms with van der Waals surface area (Å²) in [5.41, 5.74) is 2.34. The fourth-order valence-corrected chi connectivity index (χ4v) is 2.96. The topological polar surface area (TPSA) is 71.2 Å². The minimum absolute atomic E-state index is 0.173. The molecule has 6 heteroatoms. The number of carbonyl (C=O) groups excluding carboxylic acids is 1. The van der Waals surface area contributed by atoms with Crippen LogP contribution in [0, 0.1) is 0 Å². The van der Waals surface area contributed by atoms with Crippen LogP contribution in [0.1, 0.15) is 16.1 Å². The maximum Gasteiger partial charge on any atom is 0.267 e. The number of benzene rings is 2. The summed E-state index contributed by atoms with van der Waals surface area (Å²) in [5.74, 6) is 0.579. The molecule has 1 heterocycles. The van der Waals surface area contributed by atoms with Crippen LogP contribution in [0.15, 0.2) is 53.4 Å². The Morgan fingerprint density at radius 1 is 1.17 bits per heavy atom. The summed E-state index contributed by atoms with van der Waals surface area (Å²) in [6, 6.07) is 14.8. The van der Waals surface area contributed by atoms with Crippen molar-refractivity contribution in [3.05, 3.63) is 59.8 Å². The smallest absolute Gasteiger partial charge is 0.267 e. The van der Waals surface area contributed by atoms with Gasteiger partial charge < -0.3 is 15.0 Å². The highest BCUT2D eigenvalue weighted by Crippen LogP contribution is 2.21. The normalized spacial score (nSPS) is 12.1. The molecule has 0 bridgehead atoms. The highest BCUT2D eigenvalue weighted by atomic mass is 32.2. The van der Waals surface area contributed by atoms with Crippen molar-refractivity contribution in [3.63, 3.8) is 0 Å². The Bertz CT molecular complexity index is 900. The van der Waals surface area contributed by atoms with E-state index in [9.17, 15) is 9.00 Å². The number of hydrogen-bond acceptors (Lipinski definition) is 3. The van der Waals surface area contributed by atoms with Gasteiger partial charge in [-0.15, -0.1) is 0 Å². The number of rotatable bonds is 5. The van der Waals surface area contributed by atoms with E-state index in [1.54, 1.807) is 19.4 Å². The van der Waals surface area contributed by atoms with Crippen molar-refractivity contribution in [2.24, 2.45) is 0 Å². The van der Waals surface area contributed by atoms with Crippen LogP contribution in [0.4, 0.5) is 0 Å². The Labute approximate surface area is 142 Å². The molecular weight excluding hydrogens is 324 g/mol. The summed E-state index contributed by atoms with van der Waals surface area (Å²) in [4.78, 5) is 16.2.